The molecule has 0 fully saturated rings. The monoisotopic (exact) mass is 429 g/mol. The van der Waals surface area contributed by atoms with Crippen LogP contribution in [0.25, 0.3) is 11.4 Å². The molecule has 8 heteroatoms. The molecule has 0 saturated heterocycles. The van der Waals surface area contributed by atoms with Gasteiger partial charge >= 0.3 is 12.1 Å². The van der Waals surface area contributed by atoms with Crippen molar-refractivity contribution in [1.82, 2.24) is 9.97 Å². The molecular weight excluding hydrogens is 407 g/mol. The molecule has 0 atom stereocenters. The number of carbonyl (C=O) groups is 1. The molecule has 5 nitrogen and oxygen atoms in total. The lowest BCUT2D eigenvalue weighted by molar-refractivity contribution is -0.137. The van der Waals surface area contributed by atoms with E-state index >= 15 is 0 Å². The Morgan fingerprint density at radius 1 is 1.06 bits per heavy atom. The number of benzene rings is 2. The first-order chi connectivity index (χ1) is 14.8. The summed E-state index contributed by atoms with van der Waals surface area (Å²) in [5.41, 5.74) is 0.998. The summed E-state index contributed by atoms with van der Waals surface area (Å²) >= 11 is 0. The van der Waals surface area contributed by atoms with E-state index in [2.05, 4.69) is 9.97 Å². The molecule has 0 spiro atoms. The molecule has 162 valence electrons. The quantitative estimate of drug-likeness (QED) is 0.494. The number of esters is 1. The van der Waals surface area contributed by atoms with Crippen LogP contribution in [0.1, 0.15) is 28.4 Å². The zero-order chi connectivity index (χ0) is 22.4. The van der Waals surface area contributed by atoms with Crippen LogP contribution >= 0.6 is 0 Å². The van der Waals surface area contributed by atoms with Crippen molar-refractivity contribution in [3.63, 3.8) is 0 Å². The molecule has 0 bridgehead atoms. The first-order valence-corrected chi connectivity index (χ1v) is 9.76. The Balaban J connectivity index is 1.91. The minimum absolute atomic E-state index is 0.201. The summed E-state index contributed by atoms with van der Waals surface area (Å²) in [6, 6.07) is 14.5. The third-order valence-corrected chi connectivity index (χ3v) is 4.67. The van der Waals surface area contributed by atoms with Crippen LogP contribution in [0, 0.1) is 0 Å². The zero-order valence-electron chi connectivity index (χ0n) is 17.2. The van der Waals surface area contributed by atoms with Crippen molar-refractivity contribution in [2.75, 3.05) is 25.1 Å². The second-order valence-corrected chi connectivity index (χ2v) is 6.88. The van der Waals surface area contributed by atoms with E-state index in [1.807, 2.05) is 35.2 Å². The van der Waals surface area contributed by atoms with Gasteiger partial charge in [0.05, 0.1) is 12.2 Å². The van der Waals surface area contributed by atoms with Crippen molar-refractivity contribution in [2.24, 2.45) is 0 Å². The molecule has 0 amide bonds. The normalized spacial score (nSPS) is 11.3. The van der Waals surface area contributed by atoms with Crippen molar-refractivity contribution in [3.05, 3.63) is 77.5 Å². The Morgan fingerprint density at radius 3 is 2.35 bits per heavy atom. The summed E-state index contributed by atoms with van der Waals surface area (Å²) in [5, 5.41) is 0. The predicted molar refractivity (Wildman–Crippen MR) is 112 cm³/mol. The minimum Gasteiger partial charge on any atom is -0.462 e. The van der Waals surface area contributed by atoms with Gasteiger partial charge in [-0.15, -0.1) is 0 Å². The molecule has 0 aliphatic rings. The van der Waals surface area contributed by atoms with Crippen molar-refractivity contribution in [2.45, 2.75) is 19.5 Å². The van der Waals surface area contributed by atoms with Gasteiger partial charge < -0.3 is 9.64 Å². The summed E-state index contributed by atoms with van der Waals surface area (Å²) in [5.74, 6) is 0.0330. The molecule has 1 aromatic heterocycles. The van der Waals surface area contributed by atoms with Gasteiger partial charge in [0.15, 0.2) is 5.82 Å². The first kappa shape index (κ1) is 22.3. The van der Waals surface area contributed by atoms with Crippen molar-refractivity contribution in [3.8, 4) is 11.4 Å². The highest BCUT2D eigenvalue weighted by atomic mass is 19.4. The number of alkyl halides is 3. The number of carbonyl (C=O) groups excluding carboxylic acids is 1. The number of halogens is 3. The van der Waals surface area contributed by atoms with E-state index < -0.39 is 17.7 Å². The Hall–Kier alpha value is -3.42. The van der Waals surface area contributed by atoms with Crippen LogP contribution < -0.4 is 4.90 Å². The number of rotatable bonds is 7. The lowest BCUT2D eigenvalue weighted by Gasteiger charge is -2.21. The summed E-state index contributed by atoms with van der Waals surface area (Å²) in [6.45, 7) is 2.47. The number of hydrogen-bond acceptors (Lipinski definition) is 5. The number of aromatic nitrogens is 2. The first-order valence-electron chi connectivity index (χ1n) is 9.76. The molecule has 2 aromatic carbocycles. The Morgan fingerprint density at radius 2 is 1.74 bits per heavy atom. The number of ether oxygens (including phenoxy) is 1. The molecule has 0 unspecified atom stereocenters. The van der Waals surface area contributed by atoms with Crippen LogP contribution in [-0.4, -0.2) is 36.1 Å². The second-order valence-electron chi connectivity index (χ2n) is 6.88. The maximum Gasteiger partial charge on any atom is 0.416 e. The van der Waals surface area contributed by atoms with Crippen LogP contribution in [0.2, 0.25) is 0 Å². The van der Waals surface area contributed by atoms with E-state index in [4.69, 9.17) is 4.74 Å². The van der Waals surface area contributed by atoms with Gasteiger partial charge in [-0.2, -0.15) is 13.2 Å². The van der Waals surface area contributed by atoms with Crippen LogP contribution in [0.4, 0.5) is 19.0 Å². The summed E-state index contributed by atoms with van der Waals surface area (Å²) in [6.07, 6.45) is -2.35. The molecule has 0 N–H and O–H groups in total. The van der Waals surface area contributed by atoms with Gasteiger partial charge in [-0.3, -0.25) is 0 Å². The Kier molecular flexibility index (Phi) is 6.89. The fourth-order valence-corrected chi connectivity index (χ4v) is 3.01. The lowest BCUT2D eigenvalue weighted by Crippen LogP contribution is -2.25. The zero-order valence-corrected chi connectivity index (χ0v) is 17.2. The standard InChI is InChI=1S/C23H22F3N3O2/c1-3-31-22(30)19-15-27-20(17-9-11-18(12-10-17)23(24,25)26)28-21(19)29(2)14-13-16-7-5-4-6-8-16/h4-12,15H,3,13-14H2,1-2H3. The average molecular weight is 429 g/mol. The van der Waals surface area contributed by atoms with Gasteiger partial charge in [0, 0.05) is 25.4 Å². The van der Waals surface area contributed by atoms with E-state index in [1.165, 1.54) is 18.3 Å². The average Bonchev–Trinajstić information content (AvgIpc) is 2.77. The molecular formula is C23H22F3N3O2. The number of likely N-dealkylation sites (N-methyl/N-ethyl adjacent to an activating group) is 1. The largest absolute Gasteiger partial charge is 0.462 e. The topological polar surface area (TPSA) is 55.3 Å². The second kappa shape index (κ2) is 9.59. The third kappa shape index (κ3) is 5.59. The highest BCUT2D eigenvalue weighted by molar-refractivity contribution is 5.94. The molecule has 0 radical (unpaired) electrons. The van der Waals surface area contributed by atoms with Crippen LogP contribution in [0.3, 0.4) is 0 Å². The Labute approximate surface area is 178 Å². The molecule has 0 aliphatic carbocycles. The number of anilines is 1. The molecule has 3 rings (SSSR count). The van der Waals surface area contributed by atoms with Gasteiger partial charge in [0.1, 0.15) is 11.4 Å². The van der Waals surface area contributed by atoms with Crippen molar-refractivity contribution in [1.29, 1.82) is 0 Å². The number of nitrogens with zero attached hydrogens (tertiary/aromatic N) is 3. The maximum absolute atomic E-state index is 12.8. The lowest BCUT2D eigenvalue weighted by atomic mass is 10.1. The van der Waals surface area contributed by atoms with E-state index in [0.717, 1.165) is 24.1 Å². The summed E-state index contributed by atoms with van der Waals surface area (Å²) in [7, 11) is 1.80. The highest BCUT2D eigenvalue weighted by Gasteiger charge is 2.30. The van der Waals surface area contributed by atoms with Gasteiger partial charge in [-0.05, 0) is 31.0 Å². The van der Waals surface area contributed by atoms with Crippen molar-refractivity contribution >= 4 is 11.8 Å². The smallest absolute Gasteiger partial charge is 0.416 e. The summed E-state index contributed by atoms with van der Waals surface area (Å²) < 4.78 is 43.6. The Bertz CT molecular complexity index is 1020. The van der Waals surface area contributed by atoms with Gasteiger partial charge in [0.2, 0.25) is 0 Å². The van der Waals surface area contributed by atoms with E-state index in [-0.39, 0.29) is 18.0 Å². The summed E-state index contributed by atoms with van der Waals surface area (Å²) in [4.78, 5) is 22.9. The fourth-order valence-electron chi connectivity index (χ4n) is 3.01. The SMILES string of the molecule is CCOC(=O)c1cnc(-c2ccc(C(F)(F)F)cc2)nc1N(C)CCc1ccccc1. The van der Waals surface area contributed by atoms with E-state index in [0.29, 0.717) is 17.9 Å². The minimum atomic E-state index is -4.42. The molecule has 0 aliphatic heterocycles. The van der Waals surface area contributed by atoms with Crippen LogP contribution in [0.5, 0.6) is 0 Å². The maximum atomic E-state index is 12.8. The third-order valence-electron chi connectivity index (χ3n) is 4.67. The van der Waals surface area contributed by atoms with Crippen LogP contribution in [-0.2, 0) is 17.3 Å². The van der Waals surface area contributed by atoms with E-state index in [9.17, 15) is 18.0 Å². The fraction of sp³-hybridized carbons (Fsp3) is 0.261. The van der Waals surface area contributed by atoms with Crippen LogP contribution in [0.15, 0.2) is 60.8 Å². The molecule has 1 heterocycles. The van der Waals surface area contributed by atoms with E-state index in [1.54, 1.807) is 14.0 Å². The molecule has 31 heavy (non-hydrogen) atoms. The van der Waals surface area contributed by atoms with Gasteiger partial charge in [-0.25, -0.2) is 14.8 Å². The molecule has 0 saturated carbocycles. The molecule has 3 aromatic rings. The van der Waals surface area contributed by atoms with Gasteiger partial charge in [-0.1, -0.05) is 42.5 Å². The number of hydrogen-bond donors (Lipinski definition) is 0. The predicted octanol–water partition coefficient (Wildman–Crippen LogP) is 5.02. The highest BCUT2D eigenvalue weighted by Crippen LogP contribution is 2.31. The van der Waals surface area contributed by atoms with Gasteiger partial charge in [0.25, 0.3) is 0 Å². The van der Waals surface area contributed by atoms with Crippen molar-refractivity contribution < 1.29 is 22.7 Å².